The van der Waals surface area contributed by atoms with E-state index in [0.29, 0.717) is 19.5 Å². The van der Waals surface area contributed by atoms with Gasteiger partial charge < -0.3 is 14.8 Å². The van der Waals surface area contributed by atoms with E-state index in [9.17, 15) is 13.2 Å². The lowest BCUT2D eigenvalue weighted by Gasteiger charge is -2.26. The Balaban J connectivity index is 1.93. The third kappa shape index (κ3) is 3.07. The molecule has 0 bridgehead atoms. The molecule has 0 aromatic heterocycles. The number of rotatable bonds is 5. The molecule has 1 unspecified atom stereocenters. The van der Waals surface area contributed by atoms with Gasteiger partial charge in [-0.15, -0.1) is 0 Å². The van der Waals surface area contributed by atoms with Crippen LogP contribution in [0.2, 0.25) is 0 Å². The quantitative estimate of drug-likeness (QED) is 0.823. The first-order valence-corrected chi connectivity index (χ1v) is 5.76. The molecule has 0 saturated heterocycles. The summed E-state index contributed by atoms with van der Waals surface area (Å²) in [7, 11) is 0. The predicted molar refractivity (Wildman–Crippen MR) is 59.7 cm³/mol. The second-order valence-corrected chi connectivity index (χ2v) is 4.01. The van der Waals surface area contributed by atoms with Crippen molar-refractivity contribution in [1.82, 2.24) is 5.32 Å². The van der Waals surface area contributed by atoms with E-state index >= 15 is 0 Å². The Morgan fingerprint density at radius 1 is 1.33 bits per heavy atom. The number of benzene rings is 1. The highest BCUT2D eigenvalue weighted by atomic mass is 19.1. The van der Waals surface area contributed by atoms with E-state index in [0.717, 1.165) is 12.1 Å². The SMILES string of the molecule is FCCCNCC1COc2c(F)cc(F)cc2O1. The van der Waals surface area contributed by atoms with Gasteiger partial charge in [-0.1, -0.05) is 0 Å². The first-order valence-electron chi connectivity index (χ1n) is 5.76. The van der Waals surface area contributed by atoms with Crippen molar-refractivity contribution >= 4 is 0 Å². The van der Waals surface area contributed by atoms with E-state index in [1.165, 1.54) is 0 Å². The Hall–Kier alpha value is -1.43. The number of halogens is 3. The lowest BCUT2D eigenvalue weighted by atomic mass is 10.2. The zero-order valence-electron chi connectivity index (χ0n) is 9.72. The molecule has 1 aromatic carbocycles. The van der Waals surface area contributed by atoms with Crippen molar-refractivity contribution in [2.24, 2.45) is 0 Å². The number of nitrogens with one attached hydrogen (secondary N) is 1. The molecule has 100 valence electrons. The standard InChI is InChI=1S/C12H14F3NO2/c13-2-1-3-16-6-9-7-17-12-10(15)4-8(14)5-11(12)18-9/h4-5,9,16H,1-3,6-7H2. The summed E-state index contributed by atoms with van der Waals surface area (Å²) in [5.41, 5.74) is 0. The molecule has 1 N–H and O–H groups in total. The molecule has 0 radical (unpaired) electrons. The molecule has 3 nitrogen and oxygen atoms in total. The Morgan fingerprint density at radius 3 is 2.94 bits per heavy atom. The number of fused-ring (bicyclic) bond motifs is 1. The number of ether oxygens (including phenoxy) is 2. The summed E-state index contributed by atoms with van der Waals surface area (Å²) in [4.78, 5) is 0. The van der Waals surface area contributed by atoms with Gasteiger partial charge >= 0.3 is 0 Å². The fraction of sp³-hybridized carbons (Fsp3) is 0.500. The third-order valence-electron chi connectivity index (χ3n) is 2.54. The number of hydrogen-bond donors (Lipinski definition) is 1. The topological polar surface area (TPSA) is 30.5 Å². The van der Waals surface area contributed by atoms with Crippen LogP contribution in [0, 0.1) is 11.6 Å². The van der Waals surface area contributed by atoms with Gasteiger partial charge in [0.1, 0.15) is 18.5 Å². The van der Waals surface area contributed by atoms with Gasteiger partial charge in [0.15, 0.2) is 17.3 Å². The Morgan fingerprint density at radius 2 is 2.17 bits per heavy atom. The van der Waals surface area contributed by atoms with Gasteiger partial charge in [-0.3, -0.25) is 4.39 Å². The highest BCUT2D eigenvalue weighted by molar-refractivity contribution is 5.42. The molecule has 6 heteroatoms. The van der Waals surface area contributed by atoms with Gasteiger partial charge in [0.05, 0.1) is 6.67 Å². The van der Waals surface area contributed by atoms with Crippen molar-refractivity contribution in [1.29, 1.82) is 0 Å². The highest BCUT2D eigenvalue weighted by Crippen LogP contribution is 2.34. The van der Waals surface area contributed by atoms with E-state index < -0.39 is 11.6 Å². The molecular formula is C12H14F3NO2. The number of hydrogen-bond acceptors (Lipinski definition) is 3. The summed E-state index contributed by atoms with van der Waals surface area (Å²) >= 11 is 0. The molecule has 0 aliphatic carbocycles. The lowest BCUT2D eigenvalue weighted by molar-refractivity contribution is 0.0855. The van der Waals surface area contributed by atoms with Crippen LogP contribution in [0.25, 0.3) is 0 Å². The van der Waals surface area contributed by atoms with Crippen LogP contribution in [0.5, 0.6) is 11.5 Å². The predicted octanol–water partition coefficient (Wildman–Crippen LogP) is 2.05. The van der Waals surface area contributed by atoms with Crippen LogP contribution in [0.1, 0.15) is 6.42 Å². The zero-order valence-corrected chi connectivity index (χ0v) is 9.72. The summed E-state index contributed by atoms with van der Waals surface area (Å²) in [5, 5.41) is 2.98. The highest BCUT2D eigenvalue weighted by Gasteiger charge is 2.24. The van der Waals surface area contributed by atoms with Gasteiger partial charge in [0, 0.05) is 18.7 Å². The van der Waals surface area contributed by atoms with Crippen molar-refractivity contribution < 1.29 is 22.6 Å². The lowest BCUT2D eigenvalue weighted by Crippen LogP contribution is -2.39. The van der Waals surface area contributed by atoms with Crippen LogP contribution in [0.4, 0.5) is 13.2 Å². The van der Waals surface area contributed by atoms with Gasteiger partial charge in [0.25, 0.3) is 0 Å². The molecule has 0 spiro atoms. The minimum absolute atomic E-state index is 0.0589. The molecule has 18 heavy (non-hydrogen) atoms. The van der Waals surface area contributed by atoms with Crippen LogP contribution >= 0.6 is 0 Å². The van der Waals surface area contributed by atoms with Crippen molar-refractivity contribution in [3.63, 3.8) is 0 Å². The van der Waals surface area contributed by atoms with Gasteiger partial charge in [-0.2, -0.15) is 0 Å². The van der Waals surface area contributed by atoms with Crippen LogP contribution in [0.3, 0.4) is 0 Å². The molecule has 1 aliphatic heterocycles. The van der Waals surface area contributed by atoms with E-state index in [2.05, 4.69) is 5.32 Å². The summed E-state index contributed by atoms with van der Waals surface area (Å²) < 4.78 is 48.8. The Labute approximate surface area is 103 Å². The Bertz CT molecular complexity index is 415. The maximum atomic E-state index is 13.3. The molecule has 0 saturated carbocycles. The molecule has 1 heterocycles. The fourth-order valence-electron chi connectivity index (χ4n) is 1.71. The minimum Gasteiger partial charge on any atom is -0.483 e. The zero-order chi connectivity index (χ0) is 13.0. The molecule has 0 amide bonds. The molecule has 1 aromatic rings. The van der Waals surface area contributed by atoms with Gasteiger partial charge in [0.2, 0.25) is 0 Å². The summed E-state index contributed by atoms with van der Waals surface area (Å²) in [5.74, 6) is -1.47. The average Bonchev–Trinajstić information content (AvgIpc) is 2.34. The third-order valence-corrected chi connectivity index (χ3v) is 2.54. The van der Waals surface area contributed by atoms with Gasteiger partial charge in [-0.25, -0.2) is 8.78 Å². The minimum atomic E-state index is -0.770. The first-order chi connectivity index (χ1) is 8.70. The van der Waals surface area contributed by atoms with E-state index in [1.807, 2.05) is 0 Å². The summed E-state index contributed by atoms with van der Waals surface area (Å²) in [6, 6.07) is 1.84. The van der Waals surface area contributed by atoms with Crippen LogP contribution < -0.4 is 14.8 Å². The van der Waals surface area contributed by atoms with Crippen molar-refractivity contribution in [3.8, 4) is 11.5 Å². The average molecular weight is 261 g/mol. The first kappa shape index (κ1) is 13.0. The van der Waals surface area contributed by atoms with E-state index in [-0.39, 0.29) is 30.9 Å². The molecule has 1 atom stereocenters. The smallest absolute Gasteiger partial charge is 0.197 e. The second kappa shape index (κ2) is 5.95. The second-order valence-electron chi connectivity index (χ2n) is 4.01. The maximum absolute atomic E-state index is 13.3. The van der Waals surface area contributed by atoms with Crippen LogP contribution in [0.15, 0.2) is 12.1 Å². The molecule has 2 rings (SSSR count). The Kier molecular flexibility index (Phi) is 4.30. The summed E-state index contributed by atoms with van der Waals surface area (Å²) in [6.07, 6.45) is 0.0891. The van der Waals surface area contributed by atoms with Crippen molar-refractivity contribution in [2.75, 3.05) is 26.4 Å². The normalized spacial score (nSPS) is 17.8. The van der Waals surface area contributed by atoms with Crippen molar-refractivity contribution in [2.45, 2.75) is 12.5 Å². The largest absolute Gasteiger partial charge is 0.483 e. The van der Waals surface area contributed by atoms with Crippen LogP contribution in [-0.4, -0.2) is 32.5 Å². The van der Waals surface area contributed by atoms with E-state index in [1.54, 1.807) is 0 Å². The summed E-state index contributed by atoms with van der Waals surface area (Å²) in [6.45, 7) is 0.769. The molecule has 1 aliphatic rings. The molecule has 0 fully saturated rings. The number of alkyl halides is 1. The van der Waals surface area contributed by atoms with Gasteiger partial charge in [-0.05, 0) is 13.0 Å². The fourth-order valence-corrected chi connectivity index (χ4v) is 1.71. The molecular weight excluding hydrogens is 247 g/mol. The monoisotopic (exact) mass is 261 g/mol. The van der Waals surface area contributed by atoms with Crippen LogP contribution in [-0.2, 0) is 0 Å². The van der Waals surface area contributed by atoms with E-state index in [4.69, 9.17) is 9.47 Å². The maximum Gasteiger partial charge on any atom is 0.197 e. The van der Waals surface area contributed by atoms with Crippen molar-refractivity contribution in [3.05, 3.63) is 23.8 Å².